The topological polar surface area (TPSA) is 84.7 Å². The second-order valence-electron chi connectivity index (χ2n) is 5.50. The van der Waals surface area contributed by atoms with Gasteiger partial charge in [-0.2, -0.15) is 0 Å². The molecule has 0 atom stereocenters. The van der Waals surface area contributed by atoms with Gasteiger partial charge in [0.05, 0.1) is 18.7 Å². The Bertz CT molecular complexity index is 543. The van der Waals surface area contributed by atoms with Gasteiger partial charge >= 0.3 is 0 Å². The van der Waals surface area contributed by atoms with Gasteiger partial charge in [-0.05, 0) is 26.0 Å². The number of rotatable bonds is 4. The highest BCUT2D eigenvalue weighted by atomic mass is 16.5. The van der Waals surface area contributed by atoms with E-state index in [1.54, 1.807) is 30.9 Å². The van der Waals surface area contributed by atoms with Crippen molar-refractivity contribution in [1.29, 1.82) is 0 Å². The lowest BCUT2D eigenvalue weighted by atomic mass is 9.98. The molecule has 2 rings (SSSR count). The number of hydrogen-bond acceptors (Lipinski definition) is 4. The van der Waals surface area contributed by atoms with E-state index in [1.807, 2.05) is 12.1 Å². The van der Waals surface area contributed by atoms with E-state index in [1.165, 1.54) is 0 Å². The van der Waals surface area contributed by atoms with Crippen molar-refractivity contribution in [2.24, 2.45) is 0 Å². The van der Waals surface area contributed by atoms with E-state index in [0.717, 1.165) is 0 Å². The summed E-state index contributed by atoms with van der Waals surface area (Å²) in [6, 6.07) is 7.15. The van der Waals surface area contributed by atoms with Crippen LogP contribution >= 0.6 is 0 Å². The molecule has 6 nitrogen and oxygen atoms in total. The number of carbonyl (C=O) groups excluding carboxylic acids is 2. The van der Waals surface area contributed by atoms with Crippen molar-refractivity contribution in [3.05, 3.63) is 24.3 Å². The first-order valence-electron chi connectivity index (χ1n) is 6.99. The summed E-state index contributed by atoms with van der Waals surface area (Å²) in [6.45, 7) is 4.73. The molecule has 1 heterocycles. The minimum absolute atomic E-state index is 0.0932. The highest BCUT2D eigenvalue weighted by molar-refractivity contribution is 5.91. The fourth-order valence-electron chi connectivity index (χ4n) is 2.33. The Morgan fingerprint density at radius 2 is 2.14 bits per heavy atom. The van der Waals surface area contributed by atoms with Crippen molar-refractivity contribution >= 4 is 17.5 Å². The van der Waals surface area contributed by atoms with Crippen LogP contribution in [-0.2, 0) is 9.59 Å². The third-order valence-electron chi connectivity index (χ3n) is 3.64. The van der Waals surface area contributed by atoms with Crippen molar-refractivity contribution in [2.45, 2.75) is 25.8 Å². The van der Waals surface area contributed by atoms with Crippen LogP contribution in [-0.4, -0.2) is 41.9 Å². The number of carbonyl (C=O) groups is 2. The average Bonchev–Trinajstić information content (AvgIpc) is 2.43. The lowest BCUT2D eigenvalue weighted by Gasteiger charge is -2.41. The summed E-state index contributed by atoms with van der Waals surface area (Å²) < 4.78 is 5.52. The van der Waals surface area contributed by atoms with Gasteiger partial charge in [-0.25, -0.2) is 0 Å². The molecule has 21 heavy (non-hydrogen) atoms. The molecule has 0 radical (unpaired) electrons. The smallest absolute Gasteiger partial charge is 0.245 e. The Hall–Kier alpha value is -2.24. The second-order valence-corrected chi connectivity index (χ2v) is 5.50. The summed E-state index contributed by atoms with van der Waals surface area (Å²) in [5.74, 6) is 0.348. The molecule has 0 bridgehead atoms. The molecule has 0 unspecified atom stereocenters. The SMILES string of the molecule is CC1(C)C(=O)NCCN1C(=O)CCOc1ccccc1N. The number of nitrogens with one attached hydrogen (secondary N) is 1. The van der Waals surface area contributed by atoms with Crippen LogP contribution in [0.2, 0.25) is 0 Å². The number of piperazine rings is 1. The molecule has 0 aliphatic carbocycles. The first kappa shape index (κ1) is 15.2. The van der Waals surface area contributed by atoms with Gasteiger partial charge in [0.25, 0.3) is 0 Å². The van der Waals surface area contributed by atoms with Gasteiger partial charge in [0.15, 0.2) is 0 Å². The Morgan fingerprint density at radius 3 is 2.86 bits per heavy atom. The molecule has 3 N–H and O–H groups in total. The Labute approximate surface area is 124 Å². The quantitative estimate of drug-likeness (QED) is 0.803. The van der Waals surface area contributed by atoms with Crippen LogP contribution in [0.15, 0.2) is 24.3 Å². The van der Waals surface area contributed by atoms with Crippen LogP contribution in [0.1, 0.15) is 20.3 Å². The predicted molar refractivity (Wildman–Crippen MR) is 79.8 cm³/mol. The van der Waals surface area contributed by atoms with E-state index in [9.17, 15) is 9.59 Å². The standard InChI is InChI=1S/C15H21N3O3/c1-15(2)14(20)17-8-9-18(15)13(19)7-10-21-12-6-4-3-5-11(12)16/h3-6H,7-10,16H2,1-2H3,(H,17,20). The predicted octanol–water partition coefficient (Wildman–Crippen LogP) is 0.775. The number of amides is 2. The molecule has 0 aromatic heterocycles. The summed E-state index contributed by atoms with van der Waals surface area (Å²) in [7, 11) is 0. The lowest BCUT2D eigenvalue weighted by Crippen LogP contribution is -2.63. The molecule has 6 heteroatoms. The van der Waals surface area contributed by atoms with Crippen molar-refractivity contribution in [3.8, 4) is 5.75 Å². The number of hydrogen-bond donors (Lipinski definition) is 2. The van der Waals surface area contributed by atoms with Crippen LogP contribution in [0.3, 0.4) is 0 Å². The second kappa shape index (κ2) is 6.03. The molecule has 2 amide bonds. The Kier molecular flexibility index (Phi) is 4.35. The summed E-state index contributed by atoms with van der Waals surface area (Å²) in [5, 5.41) is 2.77. The van der Waals surface area contributed by atoms with Crippen molar-refractivity contribution < 1.29 is 14.3 Å². The van der Waals surface area contributed by atoms with E-state index in [0.29, 0.717) is 24.5 Å². The number of ether oxygens (including phenoxy) is 1. The fourth-order valence-corrected chi connectivity index (χ4v) is 2.33. The molecule has 114 valence electrons. The molecule has 1 saturated heterocycles. The van der Waals surface area contributed by atoms with E-state index < -0.39 is 5.54 Å². The number of nitrogens with zero attached hydrogens (tertiary/aromatic N) is 1. The van der Waals surface area contributed by atoms with Gasteiger partial charge in [-0.1, -0.05) is 12.1 Å². The number of nitrogen functional groups attached to an aromatic ring is 1. The van der Waals surface area contributed by atoms with Gasteiger partial charge in [-0.15, -0.1) is 0 Å². The molecular weight excluding hydrogens is 270 g/mol. The van der Waals surface area contributed by atoms with Crippen molar-refractivity contribution in [2.75, 3.05) is 25.4 Å². The summed E-state index contributed by atoms with van der Waals surface area (Å²) in [4.78, 5) is 25.7. The molecule has 1 aromatic rings. The maximum Gasteiger partial charge on any atom is 0.245 e. The average molecular weight is 291 g/mol. The molecule has 1 fully saturated rings. The first-order valence-corrected chi connectivity index (χ1v) is 6.99. The van der Waals surface area contributed by atoms with E-state index >= 15 is 0 Å². The Morgan fingerprint density at radius 1 is 1.43 bits per heavy atom. The third-order valence-corrected chi connectivity index (χ3v) is 3.64. The third kappa shape index (κ3) is 3.26. The summed E-state index contributed by atoms with van der Waals surface area (Å²) >= 11 is 0. The van der Waals surface area contributed by atoms with Crippen molar-refractivity contribution in [1.82, 2.24) is 10.2 Å². The van der Waals surface area contributed by atoms with Gasteiger partial charge in [0.2, 0.25) is 11.8 Å². The highest BCUT2D eigenvalue weighted by Crippen LogP contribution is 2.21. The fraction of sp³-hybridized carbons (Fsp3) is 0.467. The van der Waals surface area contributed by atoms with Crippen LogP contribution in [0.25, 0.3) is 0 Å². The maximum absolute atomic E-state index is 12.3. The first-order chi connectivity index (χ1) is 9.93. The number of nitrogens with two attached hydrogens (primary N) is 1. The van der Waals surface area contributed by atoms with Gasteiger partial charge < -0.3 is 20.7 Å². The summed E-state index contributed by atoms with van der Waals surface area (Å²) in [6.07, 6.45) is 0.213. The van der Waals surface area contributed by atoms with E-state index in [4.69, 9.17) is 10.5 Å². The van der Waals surface area contributed by atoms with Gasteiger partial charge in [0, 0.05) is 13.1 Å². The van der Waals surface area contributed by atoms with Crippen LogP contribution in [0.4, 0.5) is 5.69 Å². The molecule has 0 saturated carbocycles. The van der Waals surface area contributed by atoms with Crippen LogP contribution in [0, 0.1) is 0 Å². The normalized spacial score (nSPS) is 17.2. The largest absolute Gasteiger partial charge is 0.491 e. The zero-order chi connectivity index (χ0) is 15.5. The number of para-hydroxylation sites is 2. The lowest BCUT2D eigenvalue weighted by molar-refractivity contribution is -0.149. The minimum atomic E-state index is -0.818. The molecule has 1 aromatic carbocycles. The monoisotopic (exact) mass is 291 g/mol. The molecule has 1 aliphatic heterocycles. The van der Waals surface area contributed by atoms with E-state index in [-0.39, 0.29) is 24.8 Å². The number of anilines is 1. The highest BCUT2D eigenvalue weighted by Gasteiger charge is 2.39. The van der Waals surface area contributed by atoms with Gasteiger partial charge in [0.1, 0.15) is 11.3 Å². The zero-order valence-electron chi connectivity index (χ0n) is 12.4. The maximum atomic E-state index is 12.3. The van der Waals surface area contributed by atoms with Crippen LogP contribution in [0.5, 0.6) is 5.75 Å². The Balaban J connectivity index is 1.90. The van der Waals surface area contributed by atoms with Crippen LogP contribution < -0.4 is 15.8 Å². The van der Waals surface area contributed by atoms with Crippen molar-refractivity contribution in [3.63, 3.8) is 0 Å². The molecular formula is C15H21N3O3. The minimum Gasteiger partial charge on any atom is -0.491 e. The zero-order valence-corrected chi connectivity index (χ0v) is 12.4. The molecule has 1 aliphatic rings. The summed E-state index contributed by atoms with van der Waals surface area (Å²) in [5.41, 5.74) is 5.49. The van der Waals surface area contributed by atoms with Gasteiger partial charge in [-0.3, -0.25) is 9.59 Å². The molecule has 0 spiro atoms. The van der Waals surface area contributed by atoms with E-state index in [2.05, 4.69) is 5.32 Å². The number of benzene rings is 1.